The van der Waals surface area contributed by atoms with Crippen LogP contribution in [0, 0.1) is 0 Å². The van der Waals surface area contributed by atoms with E-state index in [0.717, 1.165) is 32.0 Å². The van der Waals surface area contributed by atoms with Crippen LogP contribution < -0.4 is 0 Å². The van der Waals surface area contributed by atoms with Gasteiger partial charge in [-0.3, -0.25) is 9.69 Å². The van der Waals surface area contributed by atoms with Crippen molar-refractivity contribution >= 4 is 5.78 Å². The molecular weight excluding hydrogens is 186 g/mol. The molecule has 0 aromatic carbocycles. The Balaban J connectivity index is 1.86. The number of hydrogen-bond donors (Lipinski definition) is 0. The van der Waals surface area contributed by atoms with E-state index in [1.165, 1.54) is 44.9 Å². The van der Waals surface area contributed by atoms with Crippen molar-refractivity contribution in [2.24, 2.45) is 0 Å². The number of ketones is 1. The Morgan fingerprint density at radius 1 is 0.933 bits per heavy atom. The molecule has 2 rings (SSSR count). The molecule has 1 heterocycles. The molecule has 0 atom stereocenters. The van der Waals surface area contributed by atoms with Crippen LogP contribution in [0.25, 0.3) is 0 Å². The lowest BCUT2D eigenvalue weighted by Crippen LogP contribution is -2.43. The van der Waals surface area contributed by atoms with Crippen molar-refractivity contribution in [2.75, 3.05) is 13.1 Å². The van der Waals surface area contributed by atoms with Crippen LogP contribution in [0.1, 0.15) is 57.8 Å². The molecule has 0 amide bonds. The maximum atomic E-state index is 11.4. The zero-order valence-corrected chi connectivity index (χ0v) is 9.71. The van der Waals surface area contributed by atoms with Gasteiger partial charge in [0, 0.05) is 12.5 Å². The van der Waals surface area contributed by atoms with Crippen molar-refractivity contribution in [1.82, 2.24) is 4.90 Å². The van der Waals surface area contributed by atoms with E-state index < -0.39 is 0 Å². The molecule has 0 bridgehead atoms. The van der Waals surface area contributed by atoms with Crippen LogP contribution in [0.5, 0.6) is 0 Å². The van der Waals surface area contributed by atoms with Gasteiger partial charge < -0.3 is 0 Å². The Hall–Kier alpha value is -0.370. The van der Waals surface area contributed by atoms with Gasteiger partial charge in [-0.1, -0.05) is 32.1 Å². The van der Waals surface area contributed by atoms with Crippen molar-refractivity contribution in [2.45, 2.75) is 63.8 Å². The third kappa shape index (κ3) is 3.30. The number of Topliss-reactive ketones (excluding diaryl/α,β-unsaturated/α-hetero) is 1. The van der Waals surface area contributed by atoms with Crippen molar-refractivity contribution in [3.63, 3.8) is 0 Å². The van der Waals surface area contributed by atoms with Gasteiger partial charge in [-0.15, -0.1) is 0 Å². The third-order valence-electron chi connectivity index (χ3n) is 3.87. The minimum atomic E-state index is 0.461. The summed E-state index contributed by atoms with van der Waals surface area (Å²) in [5.41, 5.74) is 0. The van der Waals surface area contributed by atoms with E-state index in [4.69, 9.17) is 0 Å². The fourth-order valence-corrected chi connectivity index (χ4v) is 2.98. The van der Waals surface area contributed by atoms with Crippen LogP contribution in [-0.2, 0) is 4.79 Å². The second-order valence-corrected chi connectivity index (χ2v) is 5.11. The summed E-state index contributed by atoms with van der Waals surface area (Å²) < 4.78 is 0. The highest BCUT2D eigenvalue weighted by molar-refractivity contribution is 5.81. The molecule has 86 valence electrons. The Kier molecular flexibility index (Phi) is 4.18. The monoisotopic (exact) mass is 209 g/mol. The van der Waals surface area contributed by atoms with Crippen molar-refractivity contribution in [1.29, 1.82) is 0 Å². The van der Waals surface area contributed by atoms with Crippen LogP contribution in [0.4, 0.5) is 0 Å². The predicted molar refractivity (Wildman–Crippen MR) is 61.9 cm³/mol. The Morgan fingerprint density at radius 2 is 1.60 bits per heavy atom. The van der Waals surface area contributed by atoms with Crippen LogP contribution in [0.15, 0.2) is 0 Å². The largest absolute Gasteiger partial charge is 0.298 e. The van der Waals surface area contributed by atoms with E-state index >= 15 is 0 Å². The minimum Gasteiger partial charge on any atom is -0.298 e. The number of carbonyl (C=O) groups is 1. The average Bonchev–Trinajstić information content (AvgIpc) is 2.16. The molecule has 1 saturated heterocycles. The summed E-state index contributed by atoms with van der Waals surface area (Å²) in [5, 5.41) is 0. The van der Waals surface area contributed by atoms with Crippen LogP contribution >= 0.6 is 0 Å². The first-order valence-corrected chi connectivity index (χ1v) is 6.62. The average molecular weight is 209 g/mol. The molecule has 0 unspecified atom stereocenters. The van der Waals surface area contributed by atoms with E-state index in [-0.39, 0.29) is 0 Å². The topological polar surface area (TPSA) is 20.3 Å². The lowest BCUT2D eigenvalue weighted by atomic mass is 9.94. The van der Waals surface area contributed by atoms with Gasteiger partial charge in [0.2, 0.25) is 0 Å². The maximum absolute atomic E-state index is 11.4. The number of rotatable bonds is 1. The Morgan fingerprint density at radius 3 is 2.27 bits per heavy atom. The van der Waals surface area contributed by atoms with E-state index in [1.807, 2.05) is 0 Å². The second-order valence-electron chi connectivity index (χ2n) is 5.11. The summed E-state index contributed by atoms with van der Waals surface area (Å²) in [6, 6.07) is 0.717. The van der Waals surface area contributed by atoms with E-state index in [2.05, 4.69) is 4.90 Å². The molecule has 15 heavy (non-hydrogen) atoms. The van der Waals surface area contributed by atoms with Crippen LogP contribution in [0.2, 0.25) is 0 Å². The van der Waals surface area contributed by atoms with E-state index in [1.54, 1.807) is 0 Å². The molecule has 1 saturated carbocycles. The molecule has 0 N–H and O–H groups in total. The molecule has 1 aliphatic heterocycles. The summed E-state index contributed by atoms with van der Waals surface area (Å²) in [6.45, 7) is 1.90. The summed E-state index contributed by atoms with van der Waals surface area (Å²) in [4.78, 5) is 13.9. The highest BCUT2D eigenvalue weighted by Gasteiger charge is 2.24. The molecule has 1 aliphatic carbocycles. The first kappa shape index (κ1) is 11.1. The van der Waals surface area contributed by atoms with Gasteiger partial charge in [-0.2, -0.15) is 0 Å². The fourth-order valence-electron chi connectivity index (χ4n) is 2.98. The lowest BCUT2D eigenvalue weighted by molar-refractivity contribution is -0.123. The molecule has 2 heteroatoms. The Labute approximate surface area is 93.0 Å². The maximum Gasteiger partial charge on any atom is 0.146 e. The van der Waals surface area contributed by atoms with Crippen LogP contribution in [-0.4, -0.2) is 29.8 Å². The van der Waals surface area contributed by atoms with Crippen molar-refractivity contribution in [3.05, 3.63) is 0 Å². The lowest BCUT2D eigenvalue weighted by Gasteiger charge is -2.34. The molecule has 0 spiro atoms. The van der Waals surface area contributed by atoms with Gasteiger partial charge in [-0.25, -0.2) is 0 Å². The molecule has 0 aromatic rings. The number of piperidine rings is 1. The molecule has 0 radical (unpaired) electrons. The smallest absolute Gasteiger partial charge is 0.146 e. The number of hydrogen-bond acceptors (Lipinski definition) is 2. The highest BCUT2D eigenvalue weighted by Crippen LogP contribution is 2.23. The molecule has 2 nitrogen and oxygen atoms in total. The van der Waals surface area contributed by atoms with E-state index in [9.17, 15) is 4.79 Å². The second kappa shape index (κ2) is 5.64. The van der Waals surface area contributed by atoms with Gasteiger partial charge in [0.25, 0.3) is 0 Å². The molecule has 2 aliphatic rings. The first-order valence-electron chi connectivity index (χ1n) is 6.62. The summed E-state index contributed by atoms with van der Waals surface area (Å²) in [6.07, 6.45) is 11.5. The fraction of sp³-hybridized carbons (Fsp3) is 0.923. The number of carbonyl (C=O) groups excluding carboxylic acids is 1. The van der Waals surface area contributed by atoms with Gasteiger partial charge in [0.1, 0.15) is 5.78 Å². The van der Waals surface area contributed by atoms with Gasteiger partial charge >= 0.3 is 0 Å². The standard InChI is InChI=1S/C13H23NO/c15-13-9-6-10-14(11-13)12-7-4-2-1-3-5-8-12/h12H,1-11H2. The zero-order valence-electron chi connectivity index (χ0n) is 9.71. The zero-order chi connectivity index (χ0) is 10.5. The van der Waals surface area contributed by atoms with Crippen LogP contribution in [0.3, 0.4) is 0 Å². The SMILES string of the molecule is O=C1CCCN(C2CCCCCCC2)C1. The predicted octanol–water partition coefficient (Wildman–Crippen LogP) is 2.76. The van der Waals surface area contributed by atoms with Crippen molar-refractivity contribution in [3.8, 4) is 0 Å². The van der Waals surface area contributed by atoms with E-state index in [0.29, 0.717) is 5.78 Å². The Bertz CT molecular complexity index is 207. The van der Waals surface area contributed by atoms with Gasteiger partial charge in [-0.05, 0) is 25.8 Å². The summed E-state index contributed by atoms with van der Waals surface area (Å²) in [5.74, 6) is 0.461. The number of nitrogens with zero attached hydrogens (tertiary/aromatic N) is 1. The molecule has 2 fully saturated rings. The number of likely N-dealkylation sites (tertiary alicyclic amines) is 1. The quantitative estimate of drug-likeness (QED) is 0.662. The molecule has 0 aromatic heterocycles. The first-order chi connectivity index (χ1) is 7.36. The van der Waals surface area contributed by atoms with Crippen molar-refractivity contribution < 1.29 is 4.79 Å². The summed E-state index contributed by atoms with van der Waals surface area (Å²) >= 11 is 0. The normalized spacial score (nSPS) is 27.3. The minimum absolute atomic E-state index is 0.461. The van der Waals surface area contributed by atoms with Gasteiger partial charge in [0.15, 0.2) is 0 Å². The summed E-state index contributed by atoms with van der Waals surface area (Å²) in [7, 11) is 0. The third-order valence-corrected chi connectivity index (χ3v) is 3.87. The van der Waals surface area contributed by atoms with Gasteiger partial charge in [0.05, 0.1) is 6.54 Å². The highest BCUT2D eigenvalue weighted by atomic mass is 16.1. The molecular formula is C13H23NO.